The van der Waals surface area contributed by atoms with E-state index in [1.807, 2.05) is 12.3 Å². The molecule has 0 radical (unpaired) electrons. The fourth-order valence-electron chi connectivity index (χ4n) is 8.44. The Morgan fingerprint density at radius 3 is 2.14 bits per heavy atom. The number of carbonyl (C=O) groups is 8. The first kappa shape index (κ1) is 59.6. The van der Waals surface area contributed by atoms with Crippen molar-refractivity contribution in [3.63, 3.8) is 0 Å². The minimum Gasteiger partial charge on any atom is -0.481 e. The number of fused-ring (bicyclic) bond motifs is 1. The number of isothiocyanates is 1. The predicted molar refractivity (Wildman–Crippen MR) is 281 cm³/mol. The second-order valence-electron chi connectivity index (χ2n) is 17.7. The molecule has 2 aliphatic rings. The Hall–Kier alpha value is -5.92. The van der Waals surface area contributed by atoms with Crippen LogP contribution < -0.4 is 26.6 Å². The lowest BCUT2D eigenvalue weighted by molar-refractivity contribution is -0.142. The number of ketones is 1. The number of carboxylic acid groups (broad SMARTS) is 4. The third-order valence-corrected chi connectivity index (χ3v) is 13.2. The summed E-state index contributed by atoms with van der Waals surface area (Å²) >= 11 is 11.4. The van der Waals surface area contributed by atoms with Crippen LogP contribution in [0.4, 0.5) is 11.4 Å². The van der Waals surface area contributed by atoms with Crippen LogP contribution in [0, 0.1) is 0 Å². The summed E-state index contributed by atoms with van der Waals surface area (Å²) in [6.07, 6.45) is 2.88. The molecule has 9 N–H and O–H groups in total. The average Bonchev–Trinajstić information content (AvgIpc) is 3.33. The molecule has 398 valence electrons. The number of carboxylic acids is 4. The summed E-state index contributed by atoms with van der Waals surface area (Å²) < 4.78 is 0. The molecular formula is C48H66N10O12S3. The van der Waals surface area contributed by atoms with Gasteiger partial charge < -0.3 is 51.9 Å². The number of benzene rings is 2. The minimum atomic E-state index is -1.20. The van der Waals surface area contributed by atoms with Crippen LogP contribution in [0.1, 0.15) is 66.4 Å². The Morgan fingerprint density at radius 2 is 1.49 bits per heavy atom. The van der Waals surface area contributed by atoms with Gasteiger partial charge in [0.05, 0.1) is 42.9 Å². The normalized spacial score (nSPS) is 16.7. The highest BCUT2D eigenvalue weighted by molar-refractivity contribution is 7.98. The highest BCUT2D eigenvalue weighted by atomic mass is 32.2. The molecule has 0 saturated carbocycles. The standard InChI is InChI=1S/C48H66N10O12S3/c1-73-24-15-38(40(59)12-13-41(60)53-39(47(69)70)7-2-3-16-50-48(72)52-34-10-8-33(9-11-34)51-31-71)54-46(68)37-6-4-5-32-26-58(18-14-36(32)37)42(61)28-57-23-22-56(30-45(66)67)21-20-55(29-44(64)65)19-17-49-35(27-57)25-43(62)63/h4-6,8-11,35,38-39,49H,2-3,7,12-30H2,1H3,(H,53,60)(H,54,68)(H,62,63)(H,64,65)(H,66,67)(H,69,70)(H2,50,52,72)/t35?,38-,39-/m0/s1. The molecule has 1 saturated heterocycles. The summed E-state index contributed by atoms with van der Waals surface area (Å²) in [5.74, 6) is -5.56. The van der Waals surface area contributed by atoms with Gasteiger partial charge >= 0.3 is 23.9 Å². The number of Topliss-reactive ketones (excluding diaryl/α,β-unsaturated/α-hetero) is 1. The molecule has 25 heteroatoms. The first-order chi connectivity index (χ1) is 34.9. The van der Waals surface area contributed by atoms with E-state index in [-0.39, 0.29) is 116 Å². The third-order valence-electron chi connectivity index (χ3n) is 12.2. The van der Waals surface area contributed by atoms with Crippen LogP contribution >= 0.6 is 36.2 Å². The number of thiocarbonyl (C=S) groups is 2. The van der Waals surface area contributed by atoms with Gasteiger partial charge in [0.25, 0.3) is 5.91 Å². The molecule has 0 aromatic heterocycles. The van der Waals surface area contributed by atoms with Gasteiger partial charge in [-0.25, -0.2) is 4.79 Å². The lowest BCUT2D eigenvalue weighted by atomic mass is 9.93. The average molecular weight is 1070 g/mol. The van der Waals surface area contributed by atoms with E-state index in [9.17, 15) is 58.8 Å². The molecule has 2 aromatic carbocycles. The van der Waals surface area contributed by atoms with E-state index in [0.717, 1.165) is 11.3 Å². The minimum absolute atomic E-state index is 0.0935. The number of aliphatic carboxylic acids is 4. The second kappa shape index (κ2) is 31.6. The van der Waals surface area contributed by atoms with Gasteiger partial charge in [-0.1, -0.05) is 12.1 Å². The molecule has 3 atom stereocenters. The van der Waals surface area contributed by atoms with Gasteiger partial charge in [-0.15, -0.1) is 0 Å². The number of thioether (sulfide) groups is 1. The summed E-state index contributed by atoms with van der Waals surface area (Å²) in [6.45, 7) is 1.91. The number of nitrogens with one attached hydrogen (secondary N) is 5. The van der Waals surface area contributed by atoms with E-state index < -0.39 is 53.8 Å². The van der Waals surface area contributed by atoms with E-state index in [1.54, 1.807) is 56.0 Å². The van der Waals surface area contributed by atoms with E-state index in [4.69, 9.17) is 12.2 Å². The van der Waals surface area contributed by atoms with Crippen molar-refractivity contribution in [3.8, 4) is 0 Å². The Morgan fingerprint density at radius 1 is 0.808 bits per heavy atom. The summed E-state index contributed by atoms with van der Waals surface area (Å²) in [5, 5.41) is 55.9. The first-order valence-electron chi connectivity index (χ1n) is 24.0. The monoisotopic (exact) mass is 1070 g/mol. The van der Waals surface area contributed by atoms with Crippen LogP contribution in [0.2, 0.25) is 0 Å². The highest BCUT2D eigenvalue weighted by Gasteiger charge is 2.30. The molecule has 2 aromatic rings. The number of hydrogen-bond donors (Lipinski definition) is 9. The van der Waals surface area contributed by atoms with Crippen LogP contribution in [0.3, 0.4) is 0 Å². The zero-order valence-electron chi connectivity index (χ0n) is 40.8. The van der Waals surface area contributed by atoms with Crippen molar-refractivity contribution in [2.24, 2.45) is 4.99 Å². The molecule has 73 heavy (non-hydrogen) atoms. The van der Waals surface area contributed by atoms with Crippen molar-refractivity contribution < 1.29 is 58.8 Å². The van der Waals surface area contributed by atoms with Gasteiger partial charge in [-0.05, 0) is 110 Å². The van der Waals surface area contributed by atoms with Crippen molar-refractivity contribution in [1.29, 1.82) is 0 Å². The van der Waals surface area contributed by atoms with Crippen molar-refractivity contribution in [1.82, 2.24) is 40.9 Å². The van der Waals surface area contributed by atoms with Crippen LogP contribution in [0.25, 0.3) is 0 Å². The molecule has 4 rings (SSSR count). The van der Waals surface area contributed by atoms with Gasteiger partial charge in [0, 0.05) is 95.6 Å². The van der Waals surface area contributed by atoms with Crippen LogP contribution in [0.5, 0.6) is 0 Å². The maximum atomic E-state index is 14.0. The van der Waals surface area contributed by atoms with E-state index in [0.29, 0.717) is 59.9 Å². The summed E-state index contributed by atoms with van der Waals surface area (Å²) in [5.41, 5.74) is 3.18. The zero-order chi connectivity index (χ0) is 53.3. The quantitative estimate of drug-likeness (QED) is 0.0368. The molecule has 0 spiro atoms. The smallest absolute Gasteiger partial charge is 0.326 e. The van der Waals surface area contributed by atoms with E-state index >= 15 is 0 Å². The van der Waals surface area contributed by atoms with Crippen LogP contribution in [-0.2, 0) is 46.5 Å². The van der Waals surface area contributed by atoms with Crippen LogP contribution in [-0.4, -0.2) is 206 Å². The lowest BCUT2D eigenvalue weighted by Crippen LogP contribution is -2.52. The van der Waals surface area contributed by atoms with Gasteiger partial charge in [0.1, 0.15) is 6.04 Å². The number of carbonyl (C=O) groups excluding carboxylic acids is 4. The first-order valence-corrected chi connectivity index (χ1v) is 26.2. The van der Waals surface area contributed by atoms with E-state index in [2.05, 4.69) is 49.0 Å². The number of nitrogens with zero attached hydrogens (tertiary/aromatic N) is 5. The molecule has 1 unspecified atom stereocenters. The molecule has 1 fully saturated rings. The fourth-order valence-corrected chi connectivity index (χ4v) is 9.24. The van der Waals surface area contributed by atoms with Crippen molar-refractivity contribution in [2.75, 3.05) is 95.9 Å². The largest absolute Gasteiger partial charge is 0.481 e. The van der Waals surface area contributed by atoms with Crippen molar-refractivity contribution in [3.05, 3.63) is 59.2 Å². The number of rotatable bonds is 26. The molecular weight excluding hydrogens is 1000 g/mol. The maximum Gasteiger partial charge on any atom is 0.326 e. The number of amides is 3. The fraction of sp³-hybridized carbons (Fsp3) is 0.542. The number of unbranched alkanes of at least 4 members (excludes halogenated alkanes) is 1. The molecule has 3 amide bonds. The van der Waals surface area contributed by atoms with Gasteiger partial charge in [-0.2, -0.15) is 16.8 Å². The molecule has 2 heterocycles. The number of aliphatic imine (C=N–C) groups is 1. The molecule has 2 aliphatic heterocycles. The van der Waals surface area contributed by atoms with Gasteiger partial charge in [0.2, 0.25) is 11.8 Å². The third kappa shape index (κ3) is 22.0. The van der Waals surface area contributed by atoms with Crippen LogP contribution in [0.15, 0.2) is 47.5 Å². The topological polar surface area (TPSA) is 303 Å². The predicted octanol–water partition coefficient (Wildman–Crippen LogP) is 1.75. The lowest BCUT2D eigenvalue weighted by Gasteiger charge is -2.35. The highest BCUT2D eigenvalue weighted by Crippen LogP contribution is 2.24. The van der Waals surface area contributed by atoms with Crippen molar-refractivity contribution in [2.45, 2.75) is 76.0 Å². The Bertz CT molecular complexity index is 2300. The second-order valence-corrected chi connectivity index (χ2v) is 19.3. The van der Waals surface area contributed by atoms with Crippen molar-refractivity contribution >= 4 is 105 Å². The Kier molecular flexibility index (Phi) is 25.8. The summed E-state index contributed by atoms with van der Waals surface area (Å²) in [7, 11) is 0. The SMILES string of the molecule is CSCC[C@H](NC(=O)c1cccc2c1CCN(C(=O)CN1CCN(CC(=O)O)CCN(CC(=O)O)CCNC(CC(=O)O)C1)C2)C(=O)CCC(=O)N[C@@H](CCCCNC(=S)Nc1ccc(N=C=S)cc1)C(=O)O. The number of anilines is 1. The summed E-state index contributed by atoms with van der Waals surface area (Å²) in [6, 6.07) is 9.55. The number of hydrogen-bond acceptors (Lipinski definition) is 16. The molecule has 0 bridgehead atoms. The van der Waals surface area contributed by atoms with E-state index in [1.165, 1.54) is 11.8 Å². The van der Waals surface area contributed by atoms with Gasteiger partial charge in [-0.3, -0.25) is 48.3 Å². The maximum absolute atomic E-state index is 14.0. The molecule has 22 nitrogen and oxygen atoms in total. The zero-order valence-corrected chi connectivity index (χ0v) is 43.3. The summed E-state index contributed by atoms with van der Waals surface area (Å²) in [4.78, 5) is 112. The molecule has 0 aliphatic carbocycles. The Balaban J connectivity index is 1.31. The van der Waals surface area contributed by atoms with Gasteiger partial charge in [0.15, 0.2) is 10.9 Å². The Labute approximate surface area is 439 Å².